The van der Waals surface area contributed by atoms with Gasteiger partial charge in [0.15, 0.2) is 5.82 Å². The number of benzene rings is 1. The summed E-state index contributed by atoms with van der Waals surface area (Å²) in [6.07, 6.45) is 3.75. The van der Waals surface area contributed by atoms with E-state index in [4.69, 9.17) is 5.11 Å². The highest BCUT2D eigenvalue weighted by atomic mass is 16.4. The molecule has 0 spiro atoms. The maximum absolute atomic E-state index is 11.7. The molecule has 0 unspecified atom stereocenters. The lowest BCUT2D eigenvalue weighted by Crippen LogP contribution is -2.22. The molecular formula is C14H15N3O3. The van der Waals surface area contributed by atoms with Crippen LogP contribution in [-0.4, -0.2) is 27.2 Å². The van der Waals surface area contributed by atoms with Crippen LogP contribution in [0.15, 0.2) is 41.5 Å². The predicted octanol–water partition coefficient (Wildman–Crippen LogP) is 1.13. The van der Waals surface area contributed by atoms with E-state index in [1.165, 1.54) is 4.57 Å². The van der Waals surface area contributed by atoms with Crippen LogP contribution in [-0.2, 0) is 13.5 Å². The first-order valence-electron chi connectivity index (χ1n) is 6.15. The molecule has 0 aliphatic carbocycles. The summed E-state index contributed by atoms with van der Waals surface area (Å²) in [6, 6.07) is 6.73. The third-order valence-electron chi connectivity index (χ3n) is 2.90. The van der Waals surface area contributed by atoms with Crippen molar-refractivity contribution in [2.75, 3.05) is 11.9 Å². The Balaban J connectivity index is 1.99. The van der Waals surface area contributed by atoms with E-state index in [1.807, 2.05) is 6.07 Å². The molecule has 20 heavy (non-hydrogen) atoms. The number of rotatable bonds is 5. The van der Waals surface area contributed by atoms with Gasteiger partial charge >= 0.3 is 5.97 Å². The Labute approximate surface area is 115 Å². The first kappa shape index (κ1) is 13.8. The molecule has 6 heteroatoms. The minimum absolute atomic E-state index is 0.188. The molecule has 0 atom stereocenters. The zero-order chi connectivity index (χ0) is 14.5. The fourth-order valence-electron chi connectivity index (χ4n) is 1.80. The molecule has 1 aromatic carbocycles. The lowest BCUT2D eigenvalue weighted by Gasteiger charge is -2.06. The molecule has 0 fully saturated rings. The van der Waals surface area contributed by atoms with Crippen LogP contribution >= 0.6 is 0 Å². The number of hydrogen-bond donors (Lipinski definition) is 2. The van der Waals surface area contributed by atoms with Crippen LogP contribution in [0, 0.1) is 0 Å². The third kappa shape index (κ3) is 3.23. The zero-order valence-electron chi connectivity index (χ0n) is 11.0. The van der Waals surface area contributed by atoms with E-state index >= 15 is 0 Å². The number of carbonyl (C=O) groups is 1. The lowest BCUT2D eigenvalue weighted by atomic mass is 10.1. The van der Waals surface area contributed by atoms with Crippen LogP contribution in [0.1, 0.15) is 15.9 Å². The van der Waals surface area contributed by atoms with E-state index in [0.717, 1.165) is 5.56 Å². The lowest BCUT2D eigenvalue weighted by molar-refractivity contribution is 0.0697. The molecular weight excluding hydrogens is 258 g/mol. The van der Waals surface area contributed by atoms with Crippen molar-refractivity contribution in [1.82, 2.24) is 9.55 Å². The summed E-state index contributed by atoms with van der Waals surface area (Å²) in [5, 5.41) is 11.9. The maximum atomic E-state index is 11.7. The standard InChI is InChI=1S/C14H15N3O3/c1-17-8-7-16-12(13(17)18)15-6-5-10-3-2-4-11(9-10)14(19)20/h2-4,7-9H,5-6H2,1H3,(H,15,16)(H,19,20). The number of anilines is 1. The van der Waals surface area contributed by atoms with Gasteiger partial charge in [-0.25, -0.2) is 9.78 Å². The monoisotopic (exact) mass is 273 g/mol. The summed E-state index contributed by atoms with van der Waals surface area (Å²) in [7, 11) is 1.66. The number of aromatic carboxylic acids is 1. The average molecular weight is 273 g/mol. The summed E-state index contributed by atoms with van der Waals surface area (Å²) < 4.78 is 1.44. The fraction of sp³-hybridized carbons (Fsp3) is 0.214. The van der Waals surface area contributed by atoms with Crippen molar-refractivity contribution in [3.8, 4) is 0 Å². The molecule has 1 aromatic heterocycles. The summed E-state index contributed by atoms with van der Waals surface area (Å²) >= 11 is 0. The quantitative estimate of drug-likeness (QED) is 0.853. The van der Waals surface area contributed by atoms with Crippen molar-refractivity contribution in [3.63, 3.8) is 0 Å². The fourth-order valence-corrected chi connectivity index (χ4v) is 1.80. The highest BCUT2D eigenvalue weighted by Gasteiger charge is 2.04. The minimum atomic E-state index is -0.946. The van der Waals surface area contributed by atoms with Crippen LogP contribution in [0.2, 0.25) is 0 Å². The summed E-state index contributed by atoms with van der Waals surface area (Å²) in [6.45, 7) is 0.509. The molecule has 1 heterocycles. The number of carboxylic acid groups (broad SMARTS) is 1. The Hall–Kier alpha value is -2.63. The van der Waals surface area contributed by atoms with Crippen molar-refractivity contribution in [2.45, 2.75) is 6.42 Å². The van der Waals surface area contributed by atoms with Crippen molar-refractivity contribution in [1.29, 1.82) is 0 Å². The second-order valence-corrected chi connectivity index (χ2v) is 4.37. The van der Waals surface area contributed by atoms with Gasteiger partial charge in [0.1, 0.15) is 0 Å². The number of carboxylic acids is 1. The molecule has 0 amide bonds. The van der Waals surface area contributed by atoms with Crippen LogP contribution in [0.5, 0.6) is 0 Å². The molecule has 0 radical (unpaired) electrons. The average Bonchev–Trinajstić information content (AvgIpc) is 2.44. The second kappa shape index (κ2) is 6.01. The largest absolute Gasteiger partial charge is 0.478 e. The molecule has 104 valence electrons. The zero-order valence-corrected chi connectivity index (χ0v) is 11.0. The molecule has 6 nitrogen and oxygen atoms in total. The van der Waals surface area contributed by atoms with Crippen molar-refractivity contribution < 1.29 is 9.90 Å². The van der Waals surface area contributed by atoms with E-state index in [0.29, 0.717) is 18.8 Å². The molecule has 0 saturated carbocycles. The molecule has 0 aliphatic heterocycles. The van der Waals surface area contributed by atoms with Gasteiger partial charge in [-0.2, -0.15) is 0 Å². The van der Waals surface area contributed by atoms with Gasteiger partial charge in [0.2, 0.25) is 0 Å². The van der Waals surface area contributed by atoms with Gasteiger partial charge in [-0.05, 0) is 24.1 Å². The number of aromatic nitrogens is 2. The van der Waals surface area contributed by atoms with E-state index in [1.54, 1.807) is 37.6 Å². The number of nitrogens with one attached hydrogen (secondary N) is 1. The summed E-state index contributed by atoms with van der Waals surface area (Å²) in [4.78, 5) is 26.6. The molecule has 2 N–H and O–H groups in total. The first-order chi connectivity index (χ1) is 9.58. The summed E-state index contributed by atoms with van der Waals surface area (Å²) in [5.41, 5.74) is 0.966. The first-order valence-corrected chi connectivity index (χ1v) is 6.15. The van der Waals surface area contributed by atoms with E-state index < -0.39 is 5.97 Å². The van der Waals surface area contributed by atoms with Gasteiger partial charge in [0.05, 0.1) is 5.56 Å². The van der Waals surface area contributed by atoms with Crippen molar-refractivity contribution in [3.05, 3.63) is 58.1 Å². The third-order valence-corrected chi connectivity index (χ3v) is 2.90. The Morgan fingerprint density at radius 3 is 3.00 bits per heavy atom. The predicted molar refractivity (Wildman–Crippen MR) is 75.1 cm³/mol. The van der Waals surface area contributed by atoms with Gasteiger partial charge in [-0.3, -0.25) is 4.79 Å². The van der Waals surface area contributed by atoms with Gasteiger partial charge in [-0.15, -0.1) is 0 Å². The van der Waals surface area contributed by atoms with Crippen LogP contribution in [0.25, 0.3) is 0 Å². The Kier molecular flexibility index (Phi) is 4.14. The van der Waals surface area contributed by atoms with Crippen LogP contribution < -0.4 is 10.9 Å². The van der Waals surface area contributed by atoms with Crippen LogP contribution in [0.3, 0.4) is 0 Å². The highest BCUT2D eigenvalue weighted by Crippen LogP contribution is 2.06. The number of hydrogen-bond acceptors (Lipinski definition) is 4. The highest BCUT2D eigenvalue weighted by molar-refractivity contribution is 5.87. The van der Waals surface area contributed by atoms with E-state index in [9.17, 15) is 9.59 Å². The van der Waals surface area contributed by atoms with Gasteiger partial charge in [-0.1, -0.05) is 12.1 Å². The Bertz CT molecular complexity index is 679. The topological polar surface area (TPSA) is 84.2 Å². The van der Waals surface area contributed by atoms with E-state index in [-0.39, 0.29) is 11.1 Å². The smallest absolute Gasteiger partial charge is 0.335 e. The Morgan fingerprint density at radius 2 is 2.25 bits per heavy atom. The Morgan fingerprint density at radius 1 is 1.45 bits per heavy atom. The maximum Gasteiger partial charge on any atom is 0.335 e. The van der Waals surface area contributed by atoms with Gasteiger partial charge < -0.3 is 15.0 Å². The molecule has 0 bridgehead atoms. The van der Waals surface area contributed by atoms with Gasteiger partial charge in [0.25, 0.3) is 5.56 Å². The van der Waals surface area contributed by atoms with Crippen LogP contribution in [0.4, 0.5) is 5.82 Å². The van der Waals surface area contributed by atoms with E-state index in [2.05, 4.69) is 10.3 Å². The molecule has 0 saturated heterocycles. The normalized spacial score (nSPS) is 10.2. The molecule has 0 aliphatic rings. The molecule has 2 aromatic rings. The minimum Gasteiger partial charge on any atom is -0.478 e. The second-order valence-electron chi connectivity index (χ2n) is 4.37. The van der Waals surface area contributed by atoms with Crippen molar-refractivity contribution >= 4 is 11.8 Å². The number of nitrogens with zero attached hydrogens (tertiary/aromatic N) is 2. The number of aryl methyl sites for hydroxylation is 1. The van der Waals surface area contributed by atoms with Gasteiger partial charge in [0, 0.05) is 26.0 Å². The molecule has 2 rings (SSSR count). The SMILES string of the molecule is Cn1ccnc(NCCc2cccc(C(=O)O)c2)c1=O. The van der Waals surface area contributed by atoms with Crippen molar-refractivity contribution in [2.24, 2.45) is 7.05 Å². The summed E-state index contributed by atoms with van der Waals surface area (Å²) in [5.74, 6) is -0.650.